The first-order chi connectivity index (χ1) is 16.9. The first-order valence-corrected chi connectivity index (χ1v) is 10.7. The van der Waals surface area contributed by atoms with Crippen molar-refractivity contribution in [2.24, 2.45) is 0 Å². The molecule has 3 aromatic rings. The number of hydrogen-bond acceptors (Lipinski definition) is 7. The molecule has 0 aliphatic carbocycles. The molecule has 10 nitrogen and oxygen atoms in total. The van der Waals surface area contributed by atoms with E-state index in [2.05, 4.69) is 10.6 Å². The number of ether oxygens (including phenoxy) is 2. The van der Waals surface area contributed by atoms with E-state index in [1.54, 1.807) is 54.6 Å². The quantitative estimate of drug-likeness (QED) is 0.256. The summed E-state index contributed by atoms with van der Waals surface area (Å²) in [7, 11) is 0. The van der Waals surface area contributed by atoms with E-state index in [1.165, 1.54) is 18.2 Å². The number of hydrogen-bond donors (Lipinski definition) is 2. The van der Waals surface area contributed by atoms with Crippen molar-refractivity contribution < 1.29 is 28.8 Å². The standard InChI is InChI=1S/C25H23N3O7/c1-2-34-21-13-11-20(12-14-21)27-25(31)17-7-9-19(10-8-17)26-23(29)16-35-24(30)15-18-5-3-4-6-22(18)28(32)33/h3-14H,2,15-16H2,1H3,(H,26,29)(H,27,31). The fraction of sp³-hybridized carbons (Fsp3) is 0.160. The Morgan fingerprint density at radius 2 is 1.51 bits per heavy atom. The minimum atomic E-state index is -0.768. The third-order valence-electron chi connectivity index (χ3n) is 4.74. The maximum absolute atomic E-state index is 12.4. The van der Waals surface area contributed by atoms with Gasteiger partial charge in [-0.25, -0.2) is 0 Å². The van der Waals surface area contributed by atoms with Crippen molar-refractivity contribution in [3.05, 3.63) is 94.0 Å². The van der Waals surface area contributed by atoms with Crippen LogP contribution < -0.4 is 15.4 Å². The van der Waals surface area contributed by atoms with Gasteiger partial charge in [-0.15, -0.1) is 0 Å². The van der Waals surface area contributed by atoms with Crippen molar-refractivity contribution in [1.29, 1.82) is 0 Å². The van der Waals surface area contributed by atoms with Crippen LogP contribution in [0.4, 0.5) is 17.1 Å². The lowest BCUT2D eigenvalue weighted by atomic mass is 10.1. The van der Waals surface area contributed by atoms with Gasteiger partial charge in [-0.3, -0.25) is 24.5 Å². The Hall–Kier alpha value is -4.73. The number of benzene rings is 3. The summed E-state index contributed by atoms with van der Waals surface area (Å²) in [5.41, 5.74) is 1.40. The highest BCUT2D eigenvalue weighted by Gasteiger charge is 2.17. The van der Waals surface area contributed by atoms with Crippen LogP contribution in [0.5, 0.6) is 5.75 Å². The van der Waals surface area contributed by atoms with Gasteiger partial charge >= 0.3 is 5.97 Å². The molecule has 0 atom stereocenters. The predicted molar refractivity (Wildman–Crippen MR) is 128 cm³/mol. The van der Waals surface area contributed by atoms with E-state index in [0.29, 0.717) is 29.3 Å². The van der Waals surface area contributed by atoms with Gasteiger partial charge in [0, 0.05) is 28.6 Å². The number of para-hydroxylation sites is 1. The molecule has 0 bridgehead atoms. The van der Waals surface area contributed by atoms with E-state index < -0.39 is 23.4 Å². The molecule has 0 aliphatic heterocycles. The Balaban J connectivity index is 1.47. The highest BCUT2D eigenvalue weighted by atomic mass is 16.6. The van der Waals surface area contributed by atoms with E-state index >= 15 is 0 Å². The number of carbonyl (C=O) groups is 3. The smallest absolute Gasteiger partial charge is 0.311 e. The Morgan fingerprint density at radius 1 is 0.886 bits per heavy atom. The van der Waals surface area contributed by atoms with Gasteiger partial charge in [0.15, 0.2) is 6.61 Å². The monoisotopic (exact) mass is 477 g/mol. The van der Waals surface area contributed by atoms with Crippen molar-refractivity contribution in [2.45, 2.75) is 13.3 Å². The molecule has 0 aliphatic rings. The molecule has 0 radical (unpaired) electrons. The highest BCUT2D eigenvalue weighted by molar-refractivity contribution is 6.04. The van der Waals surface area contributed by atoms with Crippen LogP contribution in [0.3, 0.4) is 0 Å². The molecule has 10 heteroatoms. The van der Waals surface area contributed by atoms with Crippen LogP contribution in [-0.2, 0) is 20.7 Å². The van der Waals surface area contributed by atoms with Gasteiger partial charge in [-0.1, -0.05) is 18.2 Å². The van der Waals surface area contributed by atoms with Crippen molar-refractivity contribution >= 4 is 34.8 Å². The van der Waals surface area contributed by atoms with Crippen molar-refractivity contribution in [2.75, 3.05) is 23.8 Å². The number of nitrogens with zero attached hydrogens (tertiary/aromatic N) is 1. The highest BCUT2D eigenvalue weighted by Crippen LogP contribution is 2.19. The van der Waals surface area contributed by atoms with E-state index in [4.69, 9.17) is 9.47 Å². The number of nitro groups is 1. The third-order valence-corrected chi connectivity index (χ3v) is 4.74. The van der Waals surface area contributed by atoms with Gasteiger partial charge in [0.25, 0.3) is 17.5 Å². The SMILES string of the molecule is CCOc1ccc(NC(=O)c2ccc(NC(=O)COC(=O)Cc3ccccc3[N+](=O)[O-])cc2)cc1. The molecule has 0 fully saturated rings. The number of esters is 1. The second kappa shape index (κ2) is 11.9. The molecule has 0 spiro atoms. The average molecular weight is 477 g/mol. The van der Waals surface area contributed by atoms with Gasteiger partial charge < -0.3 is 20.1 Å². The van der Waals surface area contributed by atoms with Gasteiger partial charge in [-0.05, 0) is 55.5 Å². The average Bonchev–Trinajstić information content (AvgIpc) is 2.85. The van der Waals surface area contributed by atoms with Crippen molar-refractivity contribution in [3.8, 4) is 5.75 Å². The summed E-state index contributed by atoms with van der Waals surface area (Å²) < 4.78 is 10.3. The normalized spacial score (nSPS) is 10.2. The minimum absolute atomic E-state index is 0.194. The first-order valence-electron chi connectivity index (χ1n) is 10.7. The van der Waals surface area contributed by atoms with Gasteiger partial charge in [0.1, 0.15) is 5.75 Å². The largest absolute Gasteiger partial charge is 0.494 e. The fourth-order valence-corrected chi connectivity index (χ4v) is 3.10. The second-order valence-electron chi connectivity index (χ2n) is 7.26. The minimum Gasteiger partial charge on any atom is -0.494 e. The number of anilines is 2. The van der Waals surface area contributed by atoms with Crippen LogP contribution >= 0.6 is 0 Å². The van der Waals surface area contributed by atoms with Gasteiger partial charge in [-0.2, -0.15) is 0 Å². The van der Waals surface area contributed by atoms with Gasteiger partial charge in [0.2, 0.25) is 0 Å². The second-order valence-corrected chi connectivity index (χ2v) is 7.26. The summed E-state index contributed by atoms with van der Waals surface area (Å²) in [4.78, 5) is 46.9. The van der Waals surface area contributed by atoms with Crippen LogP contribution in [0.15, 0.2) is 72.8 Å². The van der Waals surface area contributed by atoms with E-state index in [9.17, 15) is 24.5 Å². The Morgan fingerprint density at radius 3 is 2.17 bits per heavy atom. The molecule has 0 heterocycles. The first kappa shape index (κ1) is 24.9. The molecule has 0 unspecified atom stereocenters. The summed E-state index contributed by atoms with van der Waals surface area (Å²) in [5, 5.41) is 16.3. The summed E-state index contributed by atoms with van der Waals surface area (Å²) in [5.74, 6) is -0.975. The van der Waals surface area contributed by atoms with Gasteiger partial charge in [0.05, 0.1) is 18.0 Å². The molecule has 180 valence electrons. The number of rotatable bonds is 10. The lowest BCUT2D eigenvalue weighted by Gasteiger charge is -2.09. The van der Waals surface area contributed by atoms with Crippen LogP contribution in [0.2, 0.25) is 0 Å². The van der Waals surface area contributed by atoms with Crippen molar-refractivity contribution in [1.82, 2.24) is 0 Å². The topological polar surface area (TPSA) is 137 Å². The molecule has 0 saturated heterocycles. The molecular weight excluding hydrogens is 454 g/mol. The molecule has 3 aromatic carbocycles. The zero-order chi connectivity index (χ0) is 25.2. The summed E-state index contributed by atoms with van der Waals surface area (Å²) in [6.07, 6.45) is -0.331. The molecular formula is C25H23N3O7. The number of carbonyl (C=O) groups excluding carboxylic acids is 3. The van der Waals surface area contributed by atoms with E-state index in [1.807, 2.05) is 6.92 Å². The van der Waals surface area contributed by atoms with Crippen LogP contribution in [0.1, 0.15) is 22.8 Å². The molecule has 0 saturated carbocycles. The van der Waals surface area contributed by atoms with Crippen LogP contribution in [-0.4, -0.2) is 35.9 Å². The zero-order valence-electron chi connectivity index (χ0n) is 18.9. The molecule has 2 N–H and O–H groups in total. The van der Waals surface area contributed by atoms with Crippen LogP contribution in [0.25, 0.3) is 0 Å². The van der Waals surface area contributed by atoms with Crippen molar-refractivity contribution in [3.63, 3.8) is 0 Å². The summed E-state index contributed by atoms with van der Waals surface area (Å²) in [6, 6.07) is 18.9. The maximum Gasteiger partial charge on any atom is 0.311 e. The number of nitrogens with one attached hydrogen (secondary N) is 2. The number of nitro benzene ring substituents is 1. The predicted octanol–water partition coefficient (Wildman–Crippen LogP) is 3.97. The summed E-state index contributed by atoms with van der Waals surface area (Å²) >= 11 is 0. The lowest BCUT2D eigenvalue weighted by molar-refractivity contribution is -0.385. The van der Waals surface area contributed by atoms with E-state index in [-0.39, 0.29) is 23.6 Å². The Bertz CT molecular complexity index is 1210. The Labute approximate surface area is 201 Å². The third kappa shape index (κ3) is 7.39. The fourth-order valence-electron chi connectivity index (χ4n) is 3.10. The Kier molecular flexibility index (Phi) is 8.49. The summed E-state index contributed by atoms with van der Waals surface area (Å²) in [6.45, 7) is 1.88. The lowest BCUT2D eigenvalue weighted by Crippen LogP contribution is -2.22. The van der Waals surface area contributed by atoms with E-state index in [0.717, 1.165) is 0 Å². The molecule has 3 rings (SSSR count). The molecule has 0 aromatic heterocycles. The molecule has 2 amide bonds. The van der Waals surface area contributed by atoms with Crippen LogP contribution in [0, 0.1) is 10.1 Å². The number of amides is 2. The molecule has 35 heavy (non-hydrogen) atoms. The zero-order valence-corrected chi connectivity index (χ0v) is 18.9. The maximum atomic E-state index is 12.4.